The van der Waals surface area contributed by atoms with Crippen LogP contribution in [0.1, 0.15) is 6.92 Å². The summed E-state index contributed by atoms with van der Waals surface area (Å²) in [6.45, 7) is 1.65. The average Bonchev–Trinajstić information content (AvgIpc) is 2.86. The van der Waals surface area contributed by atoms with Crippen LogP contribution in [-0.4, -0.2) is 17.5 Å². The Morgan fingerprint density at radius 1 is 1.12 bits per heavy atom. The second-order valence-electron chi connectivity index (χ2n) is 5.28. The molecule has 0 spiro atoms. The molecule has 0 saturated heterocycles. The summed E-state index contributed by atoms with van der Waals surface area (Å²) in [5, 5.41) is 8.84. The van der Waals surface area contributed by atoms with Crippen molar-refractivity contribution >= 4 is 52.1 Å². The van der Waals surface area contributed by atoms with Crippen molar-refractivity contribution in [2.45, 2.75) is 6.92 Å². The number of hydrogen-bond donors (Lipinski definition) is 1. The summed E-state index contributed by atoms with van der Waals surface area (Å²) in [5.74, 6) is -1.83. The highest BCUT2D eigenvalue weighted by Crippen LogP contribution is 2.27. The van der Waals surface area contributed by atoms with Crippen molar-refractivity contribution < 1.29 is 9.59 Å². The van der Waals surface area contributed by atoms with Gasteiger partial charge in [-0.15, -0.1) is 0 Å². The Labute approximate surface area is 148 Å². The highest BCUT2D eigenvalue weighted by atomic mass is 35.5. The van der Waals surface area contributed by atoms with E-state index in [1.807, 2.05) is 6.07 Å². The molecule has 7 heteroatoms. The van der Waals surface area contributed by atoms with Gasteiger partial charge in [-0.3, -0.25) is 9.59 Å². The van der Waals surface area contributed by atoms with Crippen molar-refractivity contribution in [3.8, 4) is 0 Å². The van der Waals surface area contributed by atoms with E-state index < -0.39 is 17.7 Å². The predicted molar refractivity (Wildman–Crippen MR) is 95.6 cm³/mol. The van der Waals surface area contributed by atoms with Crippen LogP contribution in [0.5, 0.6) is 0 Å². The third kappa shape index (κ3) is 3.13. The summed E-state index contributed by atoms with van der Waals surface area (Å²) in [7, 11) is 0. The van der Waals surface area contributed by atoms with Gasteiger partial charge in [0.15, 0.2) is 5.92 Å². The number of nitrogens with zero attached hydrogens (tertiary/aromatic N) is 2. The quantitative estimate of drug-likeness (QED) is 0.840. The number of carbonyl (C=O) groups is 2. The van der Waals surface area contributed by atoms with Gasteiger partial charge in [-0.2, -0.15) is 10.1 Å². The van der Waals surface area contributed by atoms with Crippen molar-refractivity contribution in [1.82, 2.24) is 0 Å². The Kier molecular flexibility index (Phi) is 4.55. The van der Waals surface area contributed by atoms with Gasteiger partial charge in [-0.1, -0.05) is 41.4 Å². The number of halogens is 2. The van der Waals surface area contributed by atoms with Crippen molar-refractivity contribution in [2.75, 3.05) is 10.3 Å². The van der Waals surface area contributed by atoms with Crippen LogP contribution in [0.4, 0.5) is 11.4 Å². The number of rotatable bonds is 3. The van der Waals surface area contributed by atoms with E-state index in [0.717, 1.165) is 0 Å². The zero-order valence-corrected chi connectivity index (χ0v) is 14.2. The third-order valence-corrected chi connectivity index (χ3v) is 4.32. The first-order valence-electron chi connectivity index (χ1n) is 7.17. The van der Waals surface area contributed by atoms with Gasteiger partial charge >= 0.3 is 0 Å². The molecule has 0 aliphatic carbocycles. The molecule has 1 N–H and O–H groups in total. The van der Waals surface area contributed by atoms with Crippen LogP contribution in [0.3, 0.4) is 0 Å². The molecule has 0 bridgehead atoms. The Balaban J connectivity index is 1.79. The third-order valence-electron chi connectivity index (χ3n) is 3.58. The molecule has 0 aromatic heterocycles. The molecule has 1 unspecified atom stereocenters. The van der Waals surface area contributed by atoms with Crippen LogP contribution in [0.15, 0.2) is 53.6 Å². The van der Waals surface area contributed by atoms with Gasteiger partial charge in [0, 0.05) is 5.69 Å². The van der Waals surface area contributed by atoms with Crippen LogP contribution >= 0.6 is 23.2 Å². The minimum Gasteiger partial charge on any atom is -0.325 e. The van der Waals surface area contributed by atoms with Crippen LogP contribution in [0.25, 0.3) is 0 Å². The lowest BCUT2D eigenvalue weighted by molar-refractivity contribution is -0.127. The van der Waals surface area contributed by atoms with Crippen molar-refractivity contribution in [2.24, 2.45) is 11.0 Å². The Morgan fingerprint density at radius 3 is 2.50 bits per heavy atom. The van der Waals surface area contributed by atoms with Crippen LogP contribution in [-0.2, 0) is 9.59 Å². The van der Waals surface area contributed by atoms with E-state index >= 15 is 0 Å². The second-order valence-corrected chi connectivity index (χ2v) is 6.09. The van der Waals surface area contributed by atoms with Gasteiger partial charge < -0.3 is 5.32 Å². The van der Waals surface area contributed by atoms with Crippen molar-refractivity contribution in [3.63, 3.8) is 0 Å². The molecule has 0 fully saturated rings. The predicted octanol–water partition coefficient (Wildman–Crippen LogP) is 3.97. The number of para-hydroxylation sites is 1. The second kappa shape index (κ2) is 6.63. The van der Waals surface area contributed by atoms with Gasteiger partial charge in [0.2, 0.25) is 5.91 Å². The van der Waals surface area contributed by atoms with Gasteiger partial charge in [0.05, 0.1) is 21.4 Å². The lowest BCUT2D eigenvalue weighted by Gasteiger charge is -2.14. The number of hydrogen-bond acceptors (Lipinski definition) is 3. The summed E-state index contributed by atoms with van der Waals surface area (Å²) < 4.78 is 0. The first-order chi connectivity index (χ1) is 11.5. The van der Waals surface area contributed by atoms with Crippen LogP contribution in [0, 0.1) is 5.92 Å². The lowest BCUT2D eigenvalue weighted by Crippen LogP contribution is -2.36. The zero-order chi connectivity index (χ0) is 17.3. The molecule has 2 aromatic carbocycles. The van der Waals surface area contributed by atoms with Gasteiger partial charge in [-0.05, 0) is 37.3 Å². The summed E-state index contributed by atoms with van der Waals surface area (Å²) in [5.41, 5.74) is 1.52. The number of benzene rings is 2. The fourth-order valence-electron chi connectivity index (χ4n) is 2.41. The first kappa shape index (κ1) is 16.5. The molecule has 0 saturated carbocycles. The van der Waals surface area contributed by atoms with Crippen molar-refractivity contribution in [3.05, 3.63) is 58.6 Å². The minimum atomic E-state index is -0.973. The summed E-state index contributed by atoms with van der Waals surface area (Å²) >= 11 is 11.8. The van der Waals surface area contributed by atoms with Gasteiger partial charge in [0.1, 0.15) is 0 Å². The Hall–Kier alpha value is -2.37. The summed E-state index contributed by atoms with van der Waals surface area (Å²) in [4.78, 5) is 25.1. The molecule has 122 valence electrons. The number of carbonyl (C=O) groups excluding carboxylic acids is 2. The van der Waals surface area contributed by atoms with Crippen LogP contribution in [0.2, 0.25) is 10.0 Å². The monoisotopic (exact) mass is 361 g/mol. The van der Waals surface area contributed by atoms with E-state index in [2.05, 4.69) is 10.4 Å². The van der Waals surface area contributed by atoms with E-state index in [0.29, 0.717) is 27.1 Å². The Bertz CT molecular complexity index is 837. The molecular weight excluding hydrogens is 349 g/mol. The SMILES string of the molecule is CC1=NN(c2ccccc2)C(=O)C1C(=O)Nc1ccc(Cl)c(Cl)c1. The highest BCUT2D eigenvalue weighted by Gasteiger charge is 2.39. The summed E-state index contributed by atoms with van der Waals surface area (Å²) in [6, 6.07) is 13.7. The largest absolute Gasteiger partial charge is 0.325 e. The standard InChI is InChI=1S/C17H13Cl2N3O2/c1-10-15(16(23)20-11-7-8-13(18)14(19)9-11)17(24)22(21-10)12-5-3-2-4-6-12/h2-9,15H,1H3,(H,20,23). The number of amides is 2. The normalized spacial score (nSPS) is 17.0. The minimum absolute atomic E-state index is 0.323. The smallest absolute Gasteiger partial charge is 0.265 e. The molecule has 24 heavy (non-hydrogen) atoms. The van der Waals surface area contributed by atoms with E-state index in [1.54, 1.807) is 43.3 Å². The molecule has 0 radical (unpaired) electrons. The topological polar surface area (TPSA) is 61.8 Å². The lowest BCUT2D eigenvalue weighted by atomic mass is 10.0. The maximum atomic E-state index is 12.6. The molecule has 1 aliphatic heterocycles. The van der Waals surface area contributed by atoms with E-state index in [-0.39, 0.29) is 0 Å². The molecule has 2 aromatic rings. The first-order valence-corrected chi connectivity index (χ1v) is 7.93. The highest BCUT2D eigenvalue weighted by molar-refractivity contribution is 6.42. The van der Waals surface area contributed by atoms with Gasteiger partial charge in [-0.25, -0.2) is 0 Å². The number of hydrazone groups is 1. The maximum absolute atomic E-state index is 12.6. The average molecular weight is 362 g/mol. The van der Waals surface area contributed by atoms with Gasteiger partial charge in [0.25, 0.3) is 5.91 Å². The van der Waals surface area contributed by atoms with Crippen LogP contribution < -0.4 is 10.3 Å². The maximum Gasteiger partial charge on any atom is 0.265 e. The fraction of sp³-hybridized carbons (Fsp3) is 0.118. The molecule has 1 heterocycles. The number of anilines is 2. The molecule has 1 aliphatic rings. The van der Waals surface area contributed by atoms with E-state index in [9.17, 15) is 9.59 Å². The van der Waals surface area contributed by atoms with E-state index in [1.165, 1.54) is 11.1 Å². The summed E-state index contributed by atoms with van der Waals surface area (Å²) in [6.07, 6.45) is 0. The van der Waals surface area contributed by atoms with E-state index in [4.69, 9.17) is 23.2 Å². The molecule has 2 amide bonds. The van der Waals surface area contributed by atoms with Crippen molar-refractivity contribution in [1.29, 1.82) is 0 Å². The molecule has 1 atom stereocenters. The zero-order valence-electron chi connectivity index (χ0n) is 12.7. The molecule has 5 nitrogen and oxygen atoms in total. The fourth-order valence-corrected chi connectivity index (χ4v) is 2.71. The Morgan fingerprint density at radius 2 is 1.83 bits per heavy atom. The molecule has 3 rings (SSSR count). The number of nitrogens with one attached hydrogen (secondary N) is 1. The molecular formula is C17H13Cl2N3O2.